The Hall–Kier alpha value is -1.92. The van der Waals surface area contributed by atoms with Gasteiger partial charge >= 0.3 is 0 Å². The molecule has 27 heavy (non-hydrogen) atoms. The van der Waals surface area contributed by atoms with Crippen LogP contribution in [0.2, 0.25) is 5.15 Å². The smallest absolute Gasteiger partial charge is 0.256 e. The highest BCUT2D eigenvalue weighted by molar-refractivity contribution is 6.33. The van der Waals surface area contributed by atoms with Gasteiger partial charge in [-0.15, -0.1) is 0 Å². The van der Waals surface area contributed by atoms with Crippen molar-refractivity contribution in [3.63, 3.8) is 0 Å². The highest BCUT2D eigenvalue weighted by Gasteiger charge is 2.21. The number of likely N-dealkylation sites (tertiary alicyclic amines) is 1. The molecule has 1 aliphatic rings. The Morgan fingerprint density at radius 1 is 1.33 bits per heavy atom. The monoisotopic (exact) mass is 392 g/mol. The largest absolute Gasteiger partial charge is 0.352 e. The Bertz CT molecular complexity index is 790. The molecule has 1 aromatic carbocycles. The third-order valence-corrected chi connectivity index (χ3v) is 5.50. The van der Waals surface area contributed by atoms with Crippen LogP contribution in [0.25, 0.3) is 5.69 Å². The first-order valence-electron chi connectivity index (χ1n) is 9.50. The number of halogens is 2. The summed E-state index contributed by atoms with van der Waals surface area (Å²) in [6, 6.07) is 6.46. The van der Waals surface area contributed by atoms with Crippen molar-refractivity contribution in [1.82, 2.24) is 20.0 Å². The maximum Gasteiger partial charge on any atom is 0.256 e. The van der Waals surface area contributed by atoms with Gasteiger partial charge in [0.05, 0.1) is 16.9 Å². The summed E-state index contributed by atoms with van der Waals surface area (Å²) in [7, 11) is 0. The third-order valence-electron chi connectivity index (χ3n) is 5.15. The summed E-state index contributed by atoms with van der Waals surface area (Å²) in [6.07, 6.45) is 4.72. The average Bonchev–Trinajstić information content (AvgIpc) is 2.95. The SMILES string of the molecule is Cc1nn(-c2ccc(F)cc2)c(Cl)c1C(=O)NCCCN1CCCCC1C. The quantitative estimate of drug-likeness (QED) is 0.757. The summed E-state index contributed by atoms with van der Waals surface area (Å²) in [6.45, 7) is 6.74. The lowest BCUT2D eigenvalue weighted by atomic mass is 10.0. The molecule has 1 atom stereocenters. The van der Waals surface area contributed by atoms with Crippen molar-refractivity contribution in [2.45, 2.75) is 45.6 Å². The fourth-order valence-corrected chi connectivity index (χ4v) is 3.93. The highest BCUT2D eigenvalue weighted by atomic mass is 35.5. The molecule has 0 saturated carbocycles. The van der Waals surface area contributed by atoms with Gasteiger partial charge in [0.1, 0.15) is 11.0 Å². The average molecular weight is 393 g/mol. The number of aromatic nitrogens is 2. The number of nitrogens with zero attached hydrogens (tertiary/aromatic N) is 3. The van der Waals surface area contributed by atoms with E-state index in [9.17, 15) is 9.18 Å². The van der Waals surface area contributed by atoms with Crippen molar-refractivity contribution >= 4 is 17.5 Å². The highest BCUT2D eigenvalue weighted by Crippen LogP contribution is 2.23. The maximum atomic E-state index is 13.1. The lowest BCUT2D eigenvalue weighted by molar-refractivity contribution is 0.0948. The number of rotatable bonds is 6. The molecular formula is C20H26ClFN4O. The Morgan fingerprint density at radius 2 is 2.07 bits per heavy atom. The molecule has 1 N–H and O–H groups in total. The van der Waals surface area contributed by atoms with Crippen LogP contribution in [0, 0.1) is 12.7 Å². The van der Waals surface area contributed by atoms with E-state index in [2.05, 4.69) is 22.2 Å². The summed E-state index contributed by atoms with van der Waals surface area (Å²) in [5.74, 6) is -0.558. The molecule has 7 heteroatoms. The molecule has 0 aliphatic carbocycles. The zero-order valence-electron chi connectivity index (χ0n) is 15.8. The van der Waals surface area contributed by atoms with Crippen LogP contribution in [0.4, 0.5) is 4.39 Å². The molecule has 1 saturated heterocycles. The van der Waals surface area contributed by atoms with Gasteiger partial charge in [0.25, 0.3) is 5.91 Å². The molecule has 5 nitrogen and oxygen atoms in total. The molecule has 1 amide bonds. The van der Waals surface area contributed by atoms with E-state index in [4.69, 9.17) is 11.6 Å². The van der Waals surface area contributed by atoms with Gasteiger partial charge in [0, 0.05) is 19.1 Å². The number of nitrogens with one attached hydrogen (secondary N) is 1. The standard InChI is InChI=1S/C20H26ClFN4O/c1-14-6-3-4-12-25(14)13-5-11-23-20(27)18-15(2)24-26(19(18)21)17-9-7-16(22)8-10-17/h7-10,14H,3-6,11-13H2,1-2H3,(H,23,27). The minimum absolute atomic E-state index is 0.224. The first-order chi connectivity index (χ1) is 13.0. The number of piperidine rings is 1. The molecule has 2 heterocycles. The summed E-state index contributed by atoms with van der Waals surface area (Å²) in [5.41, 5.74) is 1.53. The van der Waals surface area contributed by atoms with Crippen LogP contribution in [0.3, 0.4) is 0 Å². The van der Waals surface area contributed by atoms with E-state index >= 15 is 0 Å². The fraction of sp³-hybridized carbons (Fsp3) is 0.500. The van der Waals surface area contributed by atoms with Crippen LogP contribution in [-0.4, -0.2) is 46.3 Å². The van der Waals surface area contributed by atoms with Crippen LogP contribution in [0.15, 0.2) is 24.3 Å². The molecule has 1 aliphatic heterocycles. The van der Waals surface area contributed by atoms with E-state index in [1.54, 1.807) is 19.1 Å². The normalized spacial score (nSPS) is 17.9. The summed E-state index contributed by atoms with van der Waals surface area (Å²) in [5, 5.41) is 7.52. The number of benzene rings is 1. The summed E-state index contributed by atoms with van der Waals surface area (Å²) < 4.78 is 14.6. The Kier molecular flexibility index (Phi) is 6.50. The number of hydrogen-bond donors (Lipinski definition) is 1. The zero-order valence-corrected chi connectivity index (χ0v) is 16.6. The van der Waals surface area contributed by atoms with Crippen molar-refractivity contribution in [1.29, 1.82) is 0 Å². The van der Waals surface area contributed by atoms with E-state index in [-0.39, 0.29) is 16.9 Å². The molecule has 0 spiro atoms. The van der Waals surface area contributed by atoms with Crippen LogP contribution < -0.4 is 5.32 Å². The first-order valence-corrected chi connectivity index (χ1v) is 9.88. The third kappa shape index (κ3) is 4.68. The molecule has 146 valence electrons. The van der Waals surface area contributed by atoms with E-state index in [1.807, 2.05) is 0 Å². The van der Waals surface area contributed by atoms with Crippen molar-refractivity contribution in [3.05, 3.63) is 46.5 Å². The molecule has 1 fully saturated rings. The molecule has 3 rings (SSSR count). The summed E-state index contributed by atoms with van der Waals surface area (Å²) in [4.78, 5) is 15.1. The van der Waals surface area contributed by atoms with E-state index < -0.39 is 0 Å². The number of hydrogen-bond acceptors (Lipinski definition) is 3. The van der Waals surface area contributed by atoms with Crippen molar-refractivity contribution in [3.8, 4) is 5.69 Å². The van der Waals surface area contributed by atoms with E-state index in [0.717, 1.165) is 19.5 Å². The Morgan fingerprint density at radius 3 is 2.78 bits per heavy atom. The second-order valence-corrected chi connectivity index (χ2v) is 7.49. The number of aryl methyl sites for hydroxylation is 1. The minimum Gasteiger partial charge on any atom is -0.352 e. The van der Waals surface area contributed by atoms with Gasteiger partial charge < -0.3 is 10.2 Å². The van der Waals surface area contributed by atoms with Crippen LogP contribution in [-0.2, 0) is 0 Å². The second kappa shape index (κ2) is 8.85. The minimum atomic E-state index is -0.334. The van der Waals surface area contributed by atoms with Crippen molar-refractivity contribution in [2.24, 2.45) is 0 Å². The van der Waals surface area contributed by atoms with Gasteiger partial charge in [0.2, 0.25) is 0 Å². The van der Waals surface area contributed by atoms with Crippen molar-refractivity contribution < 1.29 is 9.18 Å². The van der Waals surface area contributed by atoms with Gasteiger partial charge in [-0.3, -0.25) is 4.79 Å². The van der Waals surface area contributed by atoms with E-state index in [0.29, 0.717) is 29.5 Å². The molecular weight excluding hydrogens is 367 g/mol. The second-order valence-electron chi connectivity index (χ2n) is 7.13. The Balaban J connectivity index is 1.59. The lowest BCUT2D eigenvalue weighted by Gasteiger charge is -2.33. The number of carbonyl (C=O) groups excluding carboxylic acids is 1. The van der Waals surface area contributed by atoms with Gasteiger partial charge in [-0.05, 0) is 63.9 Å². The predicted molar refractivity (Wildman–Crippen MR) is 105 cm³/mol. The van der Waals surface area contributed by atoms with Gasteiger partial charge in [0.15, 0.2) is 0 Å². The van der Waals surface area contributed by atoms with Crippen molar-refractivity contribution in [2.75, 3.05) is 19.6 Å². The molecule has 0 bridgehead atoms. The van der Waals surface area contributed by atoms with Crippen LogP contribution >= 0.6 is 11.6 Å². The Labute approximate surface area is 164 Å². The fourth-order valence-electron chi connectivity index (χ4n) is 3.57. The van der Waals surface area contributed by atoms with Gasteiger partial charge in [-0.1, -0.05) is 18.0 Å². The van der Waals surface area contributed by atoms with Crippen LogP contribution in [0.1, 0.15) is 48.7 Å². The molecule has 1 unspecified atom stereocenters. The lowest BCUT2D eigenvalue weighted by Crippen LogP contribution is -2.39. The number of carbonyl (C=O) groups is 1. The zero-order chi connectivity index (χ0) is 19.4. The summed E-state index contributed by atoms with van der Waals surface area (Å²) >= 11 is 6.39. The number of amides is 1. The van der Waals surface area contributed by atoms with E-state index in [1.165, 1.54) is 36.1 Å². The first kappa shape index (κ1) is 19.8. The molecule has 0 radical (unpaired) electrons. The van der Waals surface area contributed by atoms with Gasteiger partial charge in [-0.2, -0.15) is 5.10 Å². The molecule has 1 aromatic heterocycles. The van der Waals surface area contributed by atoms with Crippen LogP contribution in [0.5, 0.6) is 0 Å². The predicted octanol–water partition coefficient (Wildman–Crippen LogP) is 3.97. The van der Waals surface area contributed by atoms with Gasteiger partial charge in [-0.25, -0.2) is 9.07 Å². The topological polar surface area (TPSA) is 50.2 Å². The maximum absolute atomic E-state index is 13.1. The molecule has 2 aromatic rings.